The van der Waals surface area contributed by atoms with E-state index >= 15 is 0 Å². The molecule has 1 aromatic heterocycles. The molecule has 1 aliphatic rings. The van der Waals surface area contributed by atoms with Gasteiger partial charge in [-0.1, -0.05) is 65.7 Å². The fourth-order valence-electron chi connectivity index (χ4n) is 4.50. The van der Waals surface area contributed by atoms with Gasteiger partial charge in [-0.2, -0.15) is 5.10 Å². The number of ether oxygens (including phenoxy) is 1. The Balaban J connectivity index is 0.000000337. The third-order valence-electron chi connectivity index (χ3n) is 6.66. The predicted molar refractivity (Wildman–Crippen MR) is 176 cm³/mol. The van der Waals surface area contributed by atoms with Gasteiger partial charge in [-0.3, -0.25) is 4.79 Å². The zero-order valence-corrected chi connectivity index (χ0v) is 27.1. The quantitative estimate of drug-likeness (QED) is 0.259. The van der Waals surface area contributed by atoms with Crippen LogP contribution >= 0.6 is 23.2 Å². The standard InChI is InChI=1S/C20H21Cl2N3O2.C11H13FO.C3H6/c1-5-14-10(2)8-17(26)19(14)23-20(27)18-11(3)12(4)25(24-18)16-7-6-13(21)9-15(16)22;1-9(8-13-2)7-10-3-5-11(12)6-4-10;1-3-2/h5-7,9,17,19,26H,1,8H2,2-4H3,(H,23,27);3-7H,8H2,1-2H3;3H,1H2,2H3/b;9-7-;/t17-,19+;;/m0../s1. The van der Waals surface area contributed by atoms with Gasteiger partial charge in [-0.15, -0.1) is 6.58 Å². The Morgan fingerprint density at radius 3 is 2.37 bits per heavy atom. The maximum Gasteiger partial charge on any atom is 0.272 e. The van der Waals surface area contributed by atoms with E-state index < -0.39 is 12.1 Å². The van der Waals surface area contributed by atoms with E-state index in [9.17, 15) is 14.3 Å². The summed E-state index contributed by atoms with van der Waals surface area (Å²) in [5.74, 6) is -0.556. The highest BCUT2D eigenvalue weighted by atomic mass is 35.5. The van der Waals surface area contributed by atoms with E-state index in [1.54, 1.807) is 54.3 Å². The number of amides is 1. The summed E-state index contributed by atoms with van der Waals surface area (Å²) in [7, 11) is 1.65. The number of aromatic nitrogens is 2. The molecule has 2 N–H and O–H groups in total. The van der Waals surface area contributed by atoms with Crippen LogP contribution in [0.15, 0.2) is 84.5 Å². The van der Waals surface area contributed by atoms with Crippen molar-refractivity contribution in [3.63, 3.8) is 0 Å². The van der Waals surface area contributed by atoms with Crippen LogP contribution in [0.3, 0.4) is 0 Å². The maximum atomic E-state index is 12.9. The van der Waals surface area contributed by atoms with Crippen molar-refractivity contribution in [3.8, 4) is 5.69 Å². The molecule has 0 spiro atoms. The summed E-state index contributed by atoms with van der Waals surface area (Å²) in [5, 5.41) is 18.6. The van der Waals surface area contributed by atoms with Crippen molar-refractivity contribution in [1.29, 1.82) is 0 Å². The normalized spacial score (nSPS) is 16.1. The van der Waals surface area contributed by atoms with Crippen LogP contribution in [0.5, 0.6) is 0 Å². The molecule has 3 aromatic rings. The molecule has 1 heterocycles. The Bertz CT molecular complexity index is 1490. The minimum atomic E-state index is -0.670. The van der Waals surface area contributed by atoms with Crippen LogP contribution in [0.2, 0.25) is 10.0 Å². The molecular weight excluding hydrogens is 588 g/mol. The van der Waals surface area contributed by atoms with E-state index in [1.165, 1.54) is 12.1 Å². The van der Waals surface area contributed by atoms with Gasteiger partial charge in [0.25, 0.3) is 5.91 Å². The Morgan fingerprint density at radius 2 is 1.81 bits per heavy atom. The summed E-state index contributed by atoms with van der Waals surface area (Å²) in [5.41, 5.74) is 6.46. The lowest BCUT2D eigenvalue weighted by Gasteiger charge is -2.18. The van der Waals surface area contributed by atoms with Crippen molar-refractivity contribution in [2.75, 3.05) is 13.7 Å². The molecule has 230 valence electrons. The molecule has 1 amide bonds. The minimum Gasteiger partial charge on any atom is -0.390 e. The first-order chi connectivity index (χ1) is 20.4. The molecule has 0 bridgehead atoms. The highest BCUT2D eigenvalue weighted by Crippen LogP contribution is 2.29. The van der Waals surface area contributed by atoms with E-state index in [1.807, 2.05) is 40.7 Å². The van der Waals surface area contributed by atoms with Crippen LogP contribution < -0.4 is 5.32 Å². The number of aliphatic hydroxyl groups excluding tert-OH is 1. The number of rotatable bonds is 7. The minimum absolute atomic E-state index is 0.207. The van der Waals surface area contributed by atoms with Gasteiger partial charge in [0.2, 0.25) is 0 Å². The molecule has 0 aliphatic heterocycles. The molecule has 0 radical (unpaired) electrons. The van der Waals surface area contributed by atoms with Gasteiger partial charge in [-0.25, -0.2) is 9.07 Å². The number of nitrogens with zero attached hydrogens (tertiary/aromatic N) is 2. The molecule has 9 heteroatoms. The molecular formula is C34H40Cl2FN3O3. The highest BCUT2D eigenvalue weighted by molar-refractivity contribution is 6.35. The largest absolute Gasteiger partial charge is 0.390 e. The van der Waals surface area contributed by atoms with E-state index in [4.69, 9.17) is 27.9 Å². The van der Waals surface area contributed by atoms with E-state index in [0.29, 0.717) is 34.5 Å². The molecule has 0 saturated heterocycles. The summed E-state index contributed by atoms with van der Waals surface area (Å²) >= 11 is 12.3. The second-order valence-electron chi connectivity index (χ2n) is 10.1. The van der Waals surface area contributed by atoms with Crippen LogP contribution in [-0.4, -0.2) is 46.7 Å². The third kappa shape index (κ3) is 9.76. The number of nitrogens with one attached hydrogen (secondary N) is 1. The third-order valence-corrected chi connectivity index (χ3v) is 7.20. The van der Waals surface area contributed by atoms with Crippen molar-refractivity contribution in [3.05, 3.63) is 123 Å². The first-order valence-corrected chi connectivity index (χ1v) is 14.4. The van der Waals surface area contributed by atoms with Crippen LogP contribution in [-0.2, 0) is 4.74 Å². The van der Waals surface area contributed by atoms with Gasteiger partial charge in [0.05, 0.1) is 29.5 Å². The van der Waals surface area contributed by atoms with Gasteiger partial charge in [0, 0.05) is 23.4 Å². The van der Waals surface area contributed by atoms with E-state index in [2.05, 4.69) is 23.6 Å². The van der Waals surface area contributed by atoms with Gasteiger partial charge >= 0.3 is 0 Å². The number of hydrogen-bond acceptors (Lipinski definition) is 4. The van der Waals surface area contributed by atoms with E-state index in [0.717, 1.165) is 33.5 Å². The highest BCUT2D eigenvalue weighted by Gasteiger charge is 2.32. The lowest BCUT2D eigenvalue weighted by Crippen LogP contribution is -2.42. The second-order valence-corrected chi connectivity index (χ2v) is 11.0. The van der Waals surface area contributed by atoms with Gasteiger partial charge in [-0.05, 0) is 88.1 Å². The Labute approximate surface area is 264 Å². The average molecular weight is 629 g/mol. The molecule has 1 aliphatic carbocycles. The SMILES string of the molecule is C=CC.C=CC1=C(C)C[C@H](O)[C@@H]1NC(=O)c1nn(-c2ccc(Cl)cc2Cl)c(C)c1C.COC/C(C)=C\c1ccc(F)cc1. The zero-order chi connectivity index (χ0) is 32.3. The zero-order valence-electron chi connectivity index (χ0n) is 25.5. The number of methoxy groups -OCH3 is 1. The monoisotopic (exact) mass is 627 g/mol. The molecule has 0 unspecified atom stereocenters. The Kier molecular flexibility index (Phi) is 14.1. The van der Waals surface area contributed by atoms with Gasteiger partial charge < -0.3 is 15.2 Å². The fourth-order valence-corrected chi connectivity index (χ4v) is 4.99. The summed E-state index contributed by atoms with van der Waals surface area (Å²) in [6, 6.07) is 11.0. The number of hydrogen-bond donors (Lipinski definition) is 2. The topological polar surface area (TPSA) is 76.4 Å². The summed E-state index contributed by atoms with van der Waals surface area (Å²) < 4.78 is 19.1. The van der Waals surface area contributed by atoms with Crippen molar-refractivity contribution in [2.45, 2.75) is 53.2 Å². The average Bonchev–Trinajstić information content (AvgIpc) is 3.39. The number of carbonyl (C=O) groups excluding carboxylic acids is 1. The smallest absolute Gasteiger partial charge is 0.272 e. The van der Waals surface area contributed by atoms with Crippen molar-refractivity contribution in [1.82, 2.24) is 15.1 Å². The van der Waals surface area contributed by atoms with Crippen LogP contribution in [0.25, 0.3) is 11.8 Å². The number of carbonyl (C=O) groups is 1. The lowest BCUT2D eigenvalue weighted by atomic mass is 10.1. The number of aliphatic hydroxyl groups is 1. The summed E-state index contributed by atoms with van der Waals surface area (Å²) in [4.78, 5) is 12.9. The maximum absolute atomic E-state index is 12.9. The summed E-state index contributed by atoms with van der Waals surface area (Å²) in [6.07, 6.45) is 5.25. The number of allylic oxidation sites excluding steroid dienone is 1. The molecule has 0 fully saturated rings. The number of halogens is 3. The van der Waals surface area contributed by atoms with Crippen molar-refractivity contribution in [2.24, 2.45) is 0 Å². The van der Waals surface area contributed by atoms with Crippen LogP contribution in [0, 0.1) is 19.7 Å². The Morgan fingerprint density at radius 1 is 1.19 bits per heavy atom. The fraction of sp³-hybridized carbons (Fsp3) is 0.294. The Hall–Kier alpha value is -3.49. The van der Waals surface area contributed by atoms with Crippen LogP contribution in [0.1, 0.15) is 54.5 Å². The van der Waals surface area contributed by atoms with Crippen molar-refractivity contribution < 1.29 is 19.0 Å². The van der Waals surface area contributed by atoms with E-state index in [-0.39, 0.29) is 11.7 Å². The molecule has 6 nitrogen and oxygen atoms in total. The molecule has 4 rings (SSSR count). The van der Waals surface area contributed by atoms with Crippen molar-refractivity contribution >= 4 is 35.2 Å². The summed E-state index contributed by atoms with van der Waals surface area (Å²) in [6.45, 7) is 17.3. The molecule has 0 saturated carbocycles. The van der Waals surface area contributed by atoms with Gasteiger partial charge in [0.15, 0.2) is 5.69 Å². The first-order valence-electron chi connectivity index (χ1n) is 13.7. The molecule has 2 atom stereocenters. The number of benzene rings is 2. The lowest BCUT2D eigenvalue weighted by molar-refractivity contribution is 0.0879. The molecule has 2 aromatic carbocycles. The van der Waals surface area contributed by atoms with Crippen LogP contribution in [0.4, 0.5) is 4.39 Å². The molecule has 43 heavy (non-hydrogen) atoms. The predicted octanol–water partition coefficient (Wildman–Crippen LogP) is 8.23. The first kappa shape index (κ1) is 35.7. The van der Waals surface area contributed by atoms with Gasteiger partial charge in [0.1, 0.15) is 5.82 Å². The second kappa shape index (κ2) is 17.0.